The van der Waals surface area contributed by atoms with Crippen molar-refractivity contribution in [3.63, 3.8) is 0 Å². The minimum atomic E-state index is -0.456. The van der Waals surface area contributed by atoms with E-state index in [2.05, 4.69) is 9.73 Å². The molecule has 4 nitrogen and oxygen atoms in total. The Bertz CT molecular complexity index is 192. The van der Waals surface area contributed by atoms with Gasteiger partial charge in [0.05, 0.1) is 7.11 Å². The first kappa shape index (κ1) is 8.39. The Kier molecular flexibility index (Phi) is 2.76. The molecule has 0 radical (unpaired) electrons. The lowest BCUT2D eigenvalue weighted by molar-refractivity contribution is -0.142. The molecule has 0 saturated carbocycles. The summed E-state index contributed by atoms with van der Waals surface area (Å²) in [4.78, 5) is 14.8. The Labute approximate surface area is 69.0 Å². The zero-order valence-electron chi connectivity index (χ0n) is 6.36. The molecule has 0 amide bonds. The van der Waals surface area contributed by atoms with Crippen LogP contribution in [0.4, 0.5) is 0 Å². The van der Waals surface area contributed by atoms with Gasteiger partial charge in [-0.15, -0.1) is 0 Å². The topological polar surface area (TPSA) is 47.9 Å². The maximum Gasteiger partial charge on any atom is 0.334 e. The summed E-state index contributed by atoms with van der Waals surface area (Å²) < 4.78 is 9.54. The number of thioether (sulfide) groups is 1. The maximum absolute atomic E-state index is 10.9. The van der Waals surface area contributed by atoms with Gasteiger partial charge in [0.1, 0.15) is 6.61 Å². The predicted molar refractivity (Wildman–Crippen MR) is 42.7 cm³/mol. The number of esters is 1. The SMILES string of the molecule is COC(=O)C1COC(SC)=N1. The third-order valence-electron chi connectivity index (χ3n) is 1.27. The third kappa shape index (κ3) is 1.86. The fourth-order valence-electron chi connectivity index (χ4n) is 0.720. The van der Waals surface area contributed by atoms with Crippen LogP contribution in [0.25, 0.3) is 0 Å². The zero-order valence-corrected chi connectivity index (χ0v) is 7.18. The molecule has 0 fully saturated rings. The van der Waals surface area contributed by atoms with Crippen LogP contribution in [-0.2, 0) is 14.3 Å². The van der Waals surface area contributed by atoms with Gasteiger partial charge in [-0.25, -0.2) is 9.79 Å². The molecule has 0 spiro atoms. The van der Waals surface area contributed by atoms with Crippen LogP contribution in [0.2, 0.25) is 0 Å². The zero-order chi connectivity index (χ0) is 8.27. The average Bonchev–Trinajstić information content (AvgIpc) is 2.50. The molecule has 1 unspecified atom stereocenters. The number of ether oxygens (including phenoxy) is 2. The third-order valence-corrected chi connectivity index (χ3v) is 1.85. The van der Waals surface area contributed by atoms with Crippen molar-refractivity contribution < 1.29 is 14.3 Å². The first-order chi connectivity index (χ1) is 5.27. The second-order valence-electron chi connectivity index (χ2n) is 1.95. The fourth-order valence-corrected chi connectivity index (χ4v) is 1.14. The van der Waals surface area contributed by atoms with Crippen molar-refractivity contribution in [1.82, 2.24) is 0 Å². The summed E-state index contributed by atoms with van der Waals surface area (Å²) >= 11 is 1.38. The van der Waals surface area contributed by atoms with Gasteiger partial charge in [0.2, 0.25) is 5.23 Å². The molecule has 1 heterocycles. The van der Waals surface area contributed by atoms with Gasteiger partial charge in [-0.1, -0.05) is 11.8 Å². The second-order valence-corrected chi connectivity index (χ2v) is 2.71. The number of methoxy groups -OCH3 is 1. The molecule has 0 aliphatic carbocycles. The lowest BCUT2D eigenvalue weighted by Crippen LogP contribution is -2.21. The lowest BCUT2D eigenvalue weighted by Gasteiger charge is -1.99. The van der Waals surface area contributed by atoms with Gasteiger partial charge in [0.15, 0.2) is 6.04 Å². The minimum absolute atomic E-state index is 0.308. The summed E-state index contributed by atoms with van der Waals surface area (Å²) in [6.45, 7) is 0.308. The monoisotopic (exact) mass is 175 g/mol. The van der Waals surface area contributed by atoms with Crippen molar-refractivity contribution >= 4 is 23.0 Å². The largest absolute Gasteiger partial charge is 0.470 e. The van der Waals surface area contributed by atoms with Crippen LogP contribution in [-0.4, -0.2) is 37.2 Å². The van der Waals surface area contributed by atoms with E-state index in [1.54, 1.807) is 0 Å². The number of hydrogen-bond acceptors (Lipinski definition) is 5. The summed E-state index contributed by atoms with van der Waals surface area (Å²) in [6, 6.07) is -0.456. The first-order valence-corrected chi connectivity index (χ1v) is 4.33. The lowest BCUT2D eigenvalue weighted by atomic mass is 10.3. The van der Waals surface area contributed by atoms with E-state index in [0.717, 1.165) is 0 Å². The molecule has 62 valence electrons. The highest BCUT2D eigenvalue weighted by Gasteiger charge is 2.25. The van der Waals surface area contributed by atoms with Gasteiger partial charge in [0.25, 0.3) is 0 Å². The van der Waals surface area contributed by atoms with Crippen LogP contribution < -0.4 is 0 Å². The highest BCUT2D eigenvalue weighted by atomic mass is 32.2. The number of hydrogen-bond donors (Lipinski definition) is 0. The maximum atomic E-state index is 10.9. The fraction of sp³-hybridized carbons (Fsp3) is 0.667. The molecule has 0 aromatic rings. The number of carbonyl (C=O) groups is 1. The molecule has 0 aromatic heterocycles. The Morgan fingerprint density at radius 1 is 1.91 bits per heavy atom. The van der Waals surface area contributed by atoms with Gasteiger partial charge in [-0.3, -0.25) is 0 Å². The van der Waals surface area contributed by atoms with Crippen molar-refractivity contribution in [2.75, 3.05) is 20.0 Å². The highest BCUT2D eigenvalue weighted by molar-refractivity contribution is 8.12. The van der Waals surface area contributed by atoms with Crippen LogP contribution in [0.1, 0.15) is 0 Å². The van der Waals surface area contributed by atoms with Crippen LogP contribution in [0.3, 0.4) is 0 Å². The second kappa shape index (κ2) is 3.61. The van der Waals surface area contributed by atoms with Gasteiger partial charge < -0.3 is 9.47 Å². The van der Waals surface area contributed by atoms with E-state index in [0.29, 0.717) is 11.8 Å². The van der Waals surface area contributed by atoms with Gasteiger partial charge in [0, 0.05) is 0 Å². The molecule has 5 heteroatoms. The number of aliphatic imine (C=N–C) groups is 1. The standard InChI is InChI=1S/C6H9NO3S/c1-9-5(8)4-3-10-6(7-4)11-2/h4H,3H2,1-2H3. The van der Waals surface area contributed by atoms with E-state index in [9.17, 15) is 4.79 Å². The summed E-state index contributed by atoms with van der Waals surface area (Å²) in [5.41, 5.74) is 0. The van der Waals surface area contributed by atoms with E-state index in [4.69, 9.17) is 4.74 Å². The van der Waals surface area contributed by atoms with Crippen molar-refractivity contribution in [3.8, 4) is 0 Å². The number of rotatable bonds is 1. The molecular weight excluding hydrogens is 166 g/mol. The van der Waals surface area contributed by atoms with Crippen molar-refractivity contribution in [2.24, 2.45) is 4.99 Å². The summed E-state index contributed by atoms with van der Waals surface area (Å²) in [6.07, 6.45) is 1.85. The average molecular weight is 175 g/mol. The van der Waals surface area contributed by atoms with E-state index in [-0.39, 0.29) is 5.97 Å². The van der Waals surface area contributed by atoms with Crippen molar-refractivity contribution in [3.05, 3.63) is 0 Å². The number of carbonyl (C=O) groups excluding carboxylic acids is 1. The quantitative estimate of drug-likeness (QED) is 0.537. The molecule has 1 aliphatic heterocycles. The summed E-state index contributed by atoms with van der Waals surface area (Å²) in [5, 5.41) is 0.556. The smallest absolute Gasteiger partial charge is 0.334 e. The molecule has 1 atom stereocenters. The van der Waals surface area contributed by atoms with E-state index >= 15 is 0 Å². The van der Waals surface area contributed by atoms with E-state index < -0.39 is 6.04 Å². The molecule has 0 N–H and O–H groups in total. The Hall–Kier alpha value is -0.710. The Morgan fingerprint density at radius 2 is 2.64 bits per heavy atom. The van der Waals surface area contributed by atoms with Crippen LogP contribution in [0.15, 0.2) is 4.99 Å². The summed E-state index contributed by atoms with van der Waals surface area (Å²) in [7, 11) is 1.34. The van der Waals surface area contributed by atoms with Gasteiger partial charge in [-0.2, -0.15) is 0 Å². The van der Waals surface area contributed by atoms with E-state index in [1.807, 2.05) is 6.26 Å². The molecule has 0 bridgehead atoms. The Morgan fingerprint density at radius 3 is 3.09 bits per heavy atom. The van der Waals surface area contributed by atoms with Gasteiger partial charge in [-0.05, 0) is 6.26 Å². The van der Waals surface area contributed by atoms with Gasteiger partial charge >= 0.3 is 5.97 Å². The summed E-state index contributed by atoms with van der Waals surface area (Å²) in [5.74, 6) is -0.339. The normalized spacial score (nSPS) is 22.4. The molecule has 11 heavy (non-hydrogen) atoms. The molecule has 1 rings (SSSR count). The van der Waals surface area contributed by atoms with Crippen molar-refractivity contribution in [1.29, 1.82) is 0 Å². The molecule has 0 aromatic carbocycles. The van der Waals surface area contributed by atoms with Crippen molar-refractivity contribution in [2.45, 2.75) is 6.04 Å². The van der Waals surface area contributed by atoms with Crippen LogP contribution in [0, 0.1) is 0 Å². The van der Waals surface area contributed by atoms with Crippen LogP contribution >= 0.6 is 11.8 Å². The first-order valence-electron chi connectivity index (χ1n) is 3.10. The number of nitrogens with zero attached hydrogens (tertiary/aromatic N) is 1. The molecule has 1 aliphatic rings. The molecule has 0 saturated heterocycles. The predicted octanol–water partition coefficient (Wildman–Crippen LogP) is 0.277. The Balaban J connectivity index is 2.52. The molecular formula is C6H9NO3S. The minimum Gasteiger partial charge on any atom is -0.470 e. The highest BCUT2D eigenvalue weighted by Crippen LogP contribution is 2.12. The van der Waals surface area contributed by atoms with Crippen LogP contribution in [0.5, 0.6) is 0 Å². The van der Waals surface area contributed by atoms with E-state index in [1.165, 1.54) is 18.9 Å².